The molecule has 208 valence electrons. The Bertz CT molecular complexity index is 659. The summed E-state index contributed by atoms with van der Waals surface area (Å²) in [6.45, 7) is 10.5. The molecular weight excluding hydrogens is 526 g/mol. The van der Waals surface area contributed by atoms with E-state index in [-0.39, 0.29) is 65.7 Å². The number of hydrogen-bond acceptors (Lipinski definition) is 8. The van der Waals surface area contributed by atoms with Crippen LogP contribution >= 0.6 is 0 Å². The minimum atomic E-state index is -4.59. The topological polar surface area (TPSA) is 133 Å². The Morgan fingerprint density at radius 3 is 1.58 bits per heavy atom. The van der Waals surface area contributed by atoms with E-state index in [0.717, 1.165) is 25.7 Å². The molecule has 0 saturated carbocycles. The van der Waals surface area contributed by atoms with Crippen molar-refractivity contribution in [3.05, 3.63) is 0 Å². The van der Waals surface area contributed by atoms with Crippen molar-refractivity contribution in [2.45, 2.75) is 137 Å². The Balaban J connectivity index is -0.000000276. The summed E-state index contributed by atoms with van der Waals surface area (Å²) in [6, 6.07) is 0. The average Bonchev–Trinajstić information content (AvgIpc) is 2.70. The molecule has 2 unspecified atom stereocenters. The normalized spacial score (nSPS) is 13.2. The van der Waals surface area contributed by atoms with Gasteiger partial charge in [0.1, 0.15) is 0 Å². The predicted octanol–water partition coefficient (Wildman–Crippen LogP) is 0.486. The maximum absolute atomic E-state index is 10.7. The van der Waals surface area contributed by atoms with Crippen LogP contribution in [0.5, 0.6) is 0 Å². The van der Waals surface area contributed by atoms with E-state index in [9.17, 15) is 25.9 Å². The van der Waals surface area contributed by atoms with Gasteiger partial charge in [-0.25, -0.2) is 16.8 Å². The van der Waals surface area contributed by atoms with Gasteiger partial charge in [0.15, 0.2) is 0 Å². The summed E-state index contributed by atoms with van der Waals surface area (Å²) in [6.07, 6.45) is 15.3. The molecule has 2 atom stereocenters. The van der Waals surface area contributed by atoms with Crippen molar-refractivity contribution in [2.75, 3.05) is 6.61 Å². The second-order valence-corrected chi connectivity index (χ2v) is 11.5. The van der Waals surface area contributed by atoms with Gasteiger partial charge in [0.05, 0.1) is 12.7 Å². The van der Waals surface area contributed by atoms with Crippen molar-refractivity contribution in [2.24, 2.45) is 11.8 Å². The first-order chi connectivity index (χ1) is 15.8. The van der Waals surface area contributed by atoms with Crippen LogP contribution in [0, 0.1) is 11.8 Å². The first kappa shape index (κ1) is 44.7. The van der Waals surface area contributed by atoms with Gasteiger partial charge in [-0.05, 0) is 37.5 Å². The van der Waals surface area contributed by atoms with E-state index in [2.05, 4.69) is 29.1 Å². The Morgan fingerprint density at radius 2 is 1.17 bits per heavy atom. The van der Waals surface area contributed by atoms with Gasteiger partial charge < -0.3 is 9.11 Å². The fourth-order valence-corrected chi connectivity index (χ4v) is 4.59. The molecule has 0 heterocycles. The predicted molar refractivity (Wildman–Crippen MR) is 135 cm³/mol. The molecule has 0 aliphatic carbocycles. The van der Waals surface area contributed by atoms with Crippen molar-refractivity contribution in [1.82, 2.24) is 0 Å². The van der Waals surface area contributed by atoms with Crippen LogP contribution in [0.3, 0.4) is 0 Å². The van der Waals surface area contributed by atoms with E-state index in [0.29, 0.717) is 31.1 Å². The van der Waals surface area contributed by atoms with Crippen LogP contribution < -0.4 is 59.1 Å². The van der Waals surface area contributed by atoms with Crippen LogP contribution in [0.25, 0.3) is 0 Å². The van der Waals surface area contributed by atoms with Gasteiger partial charge in [-0.1, -0.05) is 105 Å². The fourth-order valence-electron chi connectivity index (χ4n) is 3.76. The molecule has 0 rings (SSSR count). The van der Waals surface area contributed by atoms with Crippen molar-refractivity contribution >= 4 is 20.8 Å². The van der Waals surface area contributed by atoms with Gasteiger partial charge in [-0.15, -0.1) is 0 Å². The van der Waals surface area contributed by atoms with Crippen molar-refractivity contribution in [3.8, 4) is 0 Å². The van der Waals surface area contributed by atoms with E-state index in [1.165, 1.54) is 51.4 Å². The fraction of sp³-hybridized carbons (Fsp3) is 1.00. The van der Waals surface area contributed by atoms with Gasteiger partial charge in [-0.3, -0.25) is 8.37 Å². The summed E-state index contributed by atoms with van der Waals surface area (Å²) in [7, 11) is -9.07. The average molecular weight is 577 g/mol. The quantitative estimate of drug-likeness (QED) is 0.0835. The third-order valence-corrected chi connectivity index (χ3v) is 6.62. The molecule has 0 aliphatic heterocycles. The second kappa shape index (κ2) is 28.3. The molecule has 8 nitrogen and oxygen atoms in total. The molecular formula is C24H50Na2O8S2. The van der Waals surface area contributed by atoms with Crippen LogP contribution in [0.1, 0.15) is 131 Å². The minimum absolute atomic E-state index is 0. The molecule has 0 aromatic rings. The molecule has 0 saturated heterocycles. The van der Waals surface area contributed by atoms with E-state index in [4.69, 9.17) is 0 Å². The van der Waals surface area contributed by atoms with Crippen molar-refractivity contribution < 1.29 is 93.4 Å². The zero-order chi connectivity index (χ0) is 26.5. The molecule has 0 aromatic carbocycles. The SMILES string of the molecule is CCCCC(CC)CCC(CC(C)C)OS(=O)(=O)[O-].CCCCCCCCCCOS(=O)(=O)[O-].[Na+].[Na+]. The summed E-state index contributed by atoms with van der Waals surface area (Å²) >= 11 is 0. The molecule has 0 aliphatic rings. The zero-order valence-corrected chi connectivity index (χ0v) is 29.8. The first-order valence-corrected chi connectivity index (χ1v) is 15.7. The van der Waals surface area contributed by atoms with Gasteiger partial charge in [0.2, 0.25) is 20.8 Å². The van der Waals surface area contributed by atoms with Crippen molar-refractivity contribution in [1.29, 1.82) is 0 Å². The third-order valence-electron chi connectivity index (χ3n) is 5.65. The standard InChI is InChI=1S/C14H30O4S.C10H22O4S.2Na/c1-5-7-8-13(6-2)9-10-14(11-12(3)4)18-19(15,16)17;1-2-3-4-5-6-7-8-9-10-14-15(11,12)13;;/h12-14H,5-11H2,1-4H3,(H,15,16,17);2-10H2,1H3,(H,11,12,13);;/q;;2*+1/p-2. The van der Waals surface area contributed by atoms with Crippen LogP contribution in [-0.4, -0.2) is 38.7 Å². The third kappa shape index (κ3) is 37.9. The summed E-state index contributed by atoms with van der Waals surface area (Å²) in [5.41, 5.74) is 0. The van der Waals surface area contributed by atoms with Crippen LogP contribution in [0.2, 0.25) is 0 Å². The number of unbranched alkanes of at least 4 members (excludes halogenated alkanes) is 8. The maximum atomic E-state index is 10.7. The monoisotopic (exact) mass is 576 g/mol. The molecule has 0 N–H and O–H groups in total. The molecule has 0 amide bonds. The van der Waals surface area contributed by atoms with Gasteiger partial charge in [0.25, 0.3) is 0 Å². The van der Waals surface area contributed by atoms with Crippen LogP contribution in [-0.2, 0) is 29.2 Å². The Hall–Kier alpha value is 1.74. The van der Waals surface area contributed by atoms with E-state index in [1.54, 1.807) is 0 Å². The summed E-state index contributed by atoms with van der Waals surface area (Å²) in [5.74, 6) is 0.926. The summed E-state index contributed by atoms with van der Waals surface area (Å²) in [4.78, 5) is 0. The van der Waals surface area contributed by atoms with Gasteiger partial charge in [-0.2, -0.15) is 0 Å². The molecule has 0 spiro atoms. The first-order valence-electron chi connectivity index (χ1n) is 13.1. The number of hydrogen-bond donors (Lipinski definition) is 0. The number of rotatable bonds is 21. The van der Waals surface area contributed by atoms with E-state index >= 15 is 0 Å². The van der Waals surface area contributed by atoms with E-state index < -0.39 is 26.9 Å². The van der Waals surface area contributed by atoms with Gasteiger partial charge in [0, 0.05) is 0 Å². The molecule has 0 bridgehead atoms. The Kier molecular flexibility index (Phi) is 35.1. The smallest absolute Gasteiger partial charge is 0.726 e. The maximum Gasteiger partial charge on any atom is 1.00 e. The molecule has 36 heavy (non-hydrogen) atoms. The summed E-state index contributed by atoms with van der Waals surface area (Å²) in [5, 5.41) is 0. The molecule has 12 heteroatoms. The van der Waals surface area contributed by atoms with Crippen LogP contribution in [0.15, 0.2) is 0 Å². The van der Waals surface area contributed by atoms with Crippen molar-refractivity contribution in [3.63, 3.8) is 0 Å². The largest absolute Gasteiger partial charge is 1.00 e. The van der Waals surface area contributed by atoms with Crippen LogP contribution in [0.4, 0.5) is 0 Å². The Morgan fingerprint density at radius 1 is 0.667 bits per heavy atom. The zero-order valence-electron chi connectivity index (χ0n) is 24.1. The van der Waals surface area contributed by atoms with Gasteiger partial charge >= 0.3 is 59.1 Å². The molecule has 0 fully saturated rings. The Labute approximate surface area is 267 Å². The molecule has 0 aromatic heterocycles. The second-order valence-electron chi connectivity index (χ2n) is 9.45. The minimum Gasteiger partial charge on any atom is -0.726 e. The van der Waals surface area contributed by atoms with E-state index in [1.807, 2.05) is 13.8 Å². The molecule has 0 radical (unpaired) electrons. The summed E-state index contributed by atoms with van der Waals surface area (Å²) < 4.78 is 71.1.